The number of nitrogens with zero attached hydrogens (tertiary/aromatic N) is 1. The van der Waals surface area contributed by atoms with Crippen LogP contribution < -0.4 is 10.6 Å². The minimum Gasteiger partial charge on any atom is -0.481 e. The molecule has 104 valence electrons. The highest BCUT2D eigenvalue weighted by molar-refractivity contribution is 7.09. The third-order valence-electron chi connectivity index (χ3n) is 2.24. The maximum absolute atomic E-state index is 11.5. The van der Waals surface area contributed by atoms with E-state index in [0.29, 0.717) is 0 Å². The number of hydrogen-bond donors (Lipinski definition) is 4. The van der Waals surface area contributed by atoms with Crippen molar-refractivity contribution in [1.82, 2.24) is 15.6 Å². The van der Waals surface area contributed by atoms with Gasteiger partial charge in [0.05, 0.1) is 24.2 Å². The summed E-state index contributed by atoms with van der Waals surface area (Å²) in [4.78, 5) is 37.5. The lowest BCUT2D eigenvalue weighted by Gasteiger charge is -2.12. The predicted molar refractivity (Wildman–Crippen MR) is 65.9 cm³/mol. The van der Waals surface area contributed by atoms with Crippen molar-refractivity contribution in [3.8, 4) is 0 Å². The number of carboxylic acid groups (broad SMARTS) is 2. The van der Waals surface area contributed by atoms with Crippen molar-refractivity contribution in [3.63, 3.8) is 0 Å². The molecule has 4 N–H and O–H groups in total. The van der Waals surface area contributed by atoms with Crippen LogP contribution in [-0.2, 0) is 16.1 Å². The Bertz CT molecular complexity index is 487. The van der Waals surface area contributed by atoms with Crippen LogP contribution in [0.3, 0.4) is 0 Å². The van der Waals surface area contributed by atoms with Crippen LogP contribution in [0.15, 0.2) is 5.51 Å². The first kappa shape index (κ1) is 14.9. The van der Waals surface area contributed by atoms with Gasteiger partial charge in [0, 0.05) is 4.88 Å². The Balaban J connectivity index is 2.47. The fourth-order valence-corrected chi connectivity index (χ4v) is 1.96. The number of carbonyl (C=O) groups is 3. The predicted octanol–water partition coefficient (Wildman–Crippen LogP) is 0.179. The molecule has 1 atom stereocenters. The van der Waals surface area contributed by atoms with Gasteiger partial charge in [0.1, 0.15) is 6.04 Å². The van der Waals surface area contributed by atoms with Crippen LogP contribution >= 0.6 is 11.3 Å². The molecule has 0 saturated carbocycles. The molecule has 0 aromatic carbocycles. The third-order valence-corrected chi connectivity index (χ3v) is 3.17. The summed E-state index contributed by atoms with van der Waals surface area (Å²) < 4.78 is 0. The Morgan fingerprint density at radius 3 is 2.58 bits per heavy atom. The SMILES string of the molecule is Cc1ncsc1CNC(=O)N[C@H](CC(=O)O)C(=O)O. The number of hydrogen-bond acceptors (Lipinski definition) is 5. The molecule has 1 rings (SSSR count). The summed E-state index contributed by atoms with van der Waals surface area (Å²) in [6, 6.07) is -2.19. The number of aryl methyl sites for hydroxylation is 1. The third kappa shape index (κ3) is 4.92. The summed E-state index contributed by atoms with van der Waals surface area (Å²) >= 11 is 1.36. The zero-order chi connectivity index (χ0) is 14.4. The first-order valence-corrected chi connectivity index (χ1v) is 6.16. The Morgan fingerprint density at radius 1 is 1.42 bits per heavy atom. The van der Waals surface area contributed by atoms with Gasteiger partial charge in [-0.25, -0.2) is 14.6 Å². The quantitative estimate of drug-likeness (QED) is 0.590. The van der Waals surface area contributed by atoms with Crippen LogP contribution in [0.1, 0.15) is 17.0 Å². The molecule has 9 heteroatoms. The molecule has 8 nitrogen and oxygen atoms in total. The van der Waals surface area contributed by atoms with E-state index in [9.17, 15) is 14.4 Å². The first-order chi connectivity index (χ1) is 8.90. The number of thiazole rings is 1. The van der Waals surface area contributed by atoms with E-state index in [4.69, 9.17) is 10.2 Å². The molecule has 0 fully saturated rings. The number of aromatic nitrogens is 1. The van der Waals surface area contributed by atoms with Crippen LogP contribution in [0.5, 0.6) is 0 Å². The highest BCUT2D eigenvalue weighted by Gasteiger charge is 2.22. The van der Waals surface area contributed by atoms with Crippen LogP contribution in [0.2, 0.25) is 0 Å². The molecule has 1 aromatic rings. The number of rotatable bonds is 6. The molecular weight excluding hydrogens is 274 g/mol. The minimum atomic E-state index is -1.46. The van der Waals surface area contributed by atoms with E-state index in [-0.39, 0.29) is 6.54 Å². The number of carboxylic acids is 2. The second kappa shape index (κ2) is 6.69. The van der Waals surface area contributed by atoms with Gasteiger partial charge in [-0.1, -0.05) is 0 Å². The fourth-order valence-electron chi connectivity index (χ4n) is 1.24. The van der Waals surface area contributed by atoms with Gasteiger partial charge in [0.2, 0.25) is 0 Å². The van der Waals surface area contributed by atoms with Crippen molar-refractivity contribution < 1.29 is 24.6 Å². The van der Waals surface area contributed by atoms with Crippen molar-refractivity contribution in [2.75, 3.05) is 0 Å². The highest BCUT2D eigenvalue weighted by atomic mass is 32.1. The first-order valence-electron chi connectivity index (χ1n) is 5.28. The molecule has 1 heterocycles. The van der Waals surface area contributed by atoms with E-state index in [2.05, 4.69) is 15.6 Å². The van der Waals surface area contributed by atoms with Crippen molar-refractivity contribution in [3.05, 3.63) is 16.1 Å². The van der Waals surface area contributed by atoms with Gasteiger partial charge in [0.15, 0.2) is 0 Å². The van der Waals surface area contributed by atoms with Gasteiger partial charge in [-0.3, -0.25) is 4.79 Å². The molecule has 0 saturated heterocycles. The van der Waals surface area contributed by atoms with Gasteiger partial charge in [-0.2, -0.15) is 0 Å². The van der Waals surface area contributed by atoms with Gasteiger partial charge >= 0.3 is 18.0 Å². The molecule has 0 bridgehead atoms. The maximum atomic E-state index is 11.5. The molecule has 2 amide bonds. The summed E-state index contributed by atoms with van der Waals surface area (Å²) in [5.41, 5.74) is 2.42. The van der Waals surface area contributed by atoms with Crippen LogP contribution in [0, 0.1) is 6.92 Å². The van der Waals surface area contributed by atoms with Crippen molar-refractivity contribution in [1.29, 1.82) is 0 Å². The van der Waals surface area contributed by atoms with Gasteiger partial charge in [-0.15, -0.1) is 11.3 Å². The van der Waals surface area contributed by atoms with Crippen molar-refractivity contribution in [2.24, 2.45) is 0 Å². The molecule has 0 unspecified atom stereocenters. The van der Waals surface area contributed by atoms with Gasteiger partial charge in [0.25, 0.3) is 0 Å². The molecule has 0 spiro atoms. The monoisotopic (exact) mass is 287 g/mol. The molecule has 1 aromatic heterocycles. The van der Waals surface area contributed by atoms with E-state index in [1.165, 1.54) is 11.3 Å². The van der Waals surface area contributed by atoms with Crippen molar-refractivity contribution >= 4 is 29.3 Å². The Kier molecular flexibility index (Phi) is 5.24. The van der Waals surface area contributed by atoms with Crippen molar-refractivity contribution in [2.45, 2.75) is 25.9 Å². The van der Waals surface area contributed by atoms with Gasteiger partial charge < -0.3 is 20.8 Å². The van der Waals surface area contributed by atoms with Crippen LogP contribution in [-0.4, -0.2) is 39.2 Å². The second-order valence-electron chi connectivity index (χ2n) is 3.68. The maximum Gasteiger partial charge on any atom is 0.326 e. The fraction of sp³-hybridized carbons (Fsp3) is 0.400. The number of aliphatic carboxylic acids is 2. The topological polar surface area (TPSA) is 129 Å². The number of amides is 2. The zero-order valence-corrected chi connectivity index (χ0v) is 10.9. The lowest BCUT2D eigenvalue weighted by Crippen LogP contribution is -2.46. The molecule has 0 radical (unpaired) electrons. The summed E-state index contributed by atoms with van der Waals surface area (Å²) in [5.74, 6) is -2.70. The summed E-state index contributed by atoms with van der Waals surface area (Å²) in [7, 11) is 0. The van der Waals surface area contributed by atoms with E-state index < -0.39 is 30.4 Å². The molecule has 0 aliphatic heterocycles. The summed E-state index contributed by atoms with van der Waals surface area (Å²) in [6.45, 7) is 2.00. The Labute approximate surface area is 112 Å². The average Bonchev–Trinajstić information content (AvgIpc) is 2.70. The van der Waals surface area contributed by atoms with E-state index >= 15 is 0 Å². The lowest BCUT2D eigenvalue weighted by molar-refractivity contribution is -0.145. The Hall–Kier alpha value is -2.16. The number of nitrogens with one attached hydrogen (secondary N) is 2. The number of carbonyl (C=O) groups excluding carboxylic acids is 1. The van der Waals surface area contributed by atoms with E-state index in [1.54, 1.807) is 12.4 Å². The smallest absolute Gasteiger partial charge is 0.326 e. The zero-order valence-electron chi connectivity index (χ0n) is 10.0. The van der Waals surface area contributed by atoms with Crippen LogP contribution in [0.25, 0.3) is 0 Å². The van der Waals surface area contributed by atoms with E-state index in [1.807, 2.05) is 0 Å². The Morgan fingerprint density at radius 2 is 2.11 bits per heavy atom. The largest absolute Gasteiger partial charge is 0.481 e. The molecular formula is C10H13N3O5S. The minimum absolute atomic E-state index is 0.210. The molecule has 0 aliphatic carbocycles. The highest BCUT2D eigenvalue weighted by Crippen LogP contribution is 2.10. The number of urea groups is 1. The normalized spacial score (nSPS) is 11.6. The molecule has 19 heavy (non-hydrogen) atoms. The summed E-state index contributed by atoms with van der Waals surface area (Å²) in [5, 5.41) is 21.8. The average molecular weight is 287 g/mol. The lowest BCUT2D eigenvalue weighted by atomic mass is 10.2. The summed E-state index contributed by atoms with van der Waals surface area (Å²) in [6.07, 6.45) is -0.678. The van der Waals surface area contributed by atoms with Gasteiger partial charge in [-0.05, 0) is 6.92 Å². The standard InChI is InChI=1S/C10H13N3O5S/c1-5-7(19-4-12-5)3-11-10(18)13-6(9(16)17)2-8(14)15/h4,6H,2-3H2,1H3,(H,14,15)(H,16,17)(H2,11,13,18)/t6-/m1/s1. The van der Waals surface area contributed by atoms with Crippen LogP contribution in [0.4, 0.5) is 4.79 Å². The second-order valence-corrected chi connectivity index (χ2v) is 4.62. The van der Waals surface area contributed by atoms with E-state index in [0.717, 1.165) is 10.6 Å². The molecule has 0 aliphatic rings.